The molecule has 0 spiro atoms. The van der Waals surface area contributed by atoms with Crippen LogP contribution in [-0.2, 0) is 10.0 Å². The van der Waals surface area contributed by atoms with Crippen LogP contribution in [-0.4, -0.2) is 55.6 Å². The van der Waals surface area contributed by atoms with E-state index in [-0.39, 0.29) is 11.5 Å². The van der Waals surface area contributed by atoms with E-state index >= 15 is 0 Å². The summed E-state index contributed by atoms with van der Waals surface area (Å²) < 4.78 is 25.9. The molecule has 5 nitrogen and oxygen atoms in total. The van der Waals surface area contributed by atoms with Crippen LogP contribution in [0.3, 0.4) is 0 Å². The second-order valence-electron chi connectivity index (χ2n) is 5.11. The molecule has 0 atom stereocenters. The smallest absolute Gasteiger partial charge is 0.214 e. The lowest BCUT2D eigenvalue weighted by atomic mass is 10.2. The van der Waals surface area contributed by atoms with E-state index in [1.54, 1.807) is 16.4 Å². The maximum Gasteiger partial charge on any atom is 0.214 e. The fourth-order valence-corrected chi connectivity index (χ4v) is 4.13. The first-order valence-corrected chi connectivity index (χ1v) is 9.25. The number of phenols is 1. The summed E-state index contributed by atoms with van der Waals surface area (Å²) in [6.45, 7) is 2.34. The molecule has 1 N–H and O–H groups in total. The van der Waals surface area contributed by atoms with Crippen LogP contribution in [0.2, 0.25) is 0 Å². The Labute approximate surface area is 131 Å². The van der Waals surface area contributed by atoms with E-state index < -0.39 is 10.0 Å². The molecule has 1 saturated heterocycles. The summed E-state index contributed by atoms with van der Waals surface area (Å²) in [5.41, 5.74) is 1.01. The minimum absolute atomic E-state index is 0.179. The average molecular weight is 333 g/mol. The molecule has 1 heterocycles. The first-order chi connectivity index (χ1) is 10.0. The van der Waals surface area contributed by atoms with Gasteiger partial charge < -0.3 is 10.0 Å². The Morgan fingerprint density at radius 2 is 1.67 bits per heavy atom. The summed E-state index contributed by atoms with van der Waals surface area (Å²) in [4.78, 5) is 2.13. The van der Waals surface area contributed by atoms with Crippen molar-refractivity contribution in [1.82, 2.24) is 4.31 Å². The quantitative estimate of drug-likeness (QED) is 0.638. The van der Waals surface area contributed by atoms with Crippen molar-refractivity contribution in [1.29, 1.82) is 0 Å². The normalized spacial score (nSPS) is 17.1. The van der Waals surface area contributed by atoms with Crippen LogP contribution in [0.5, 0.6) is 5.75 Å². The third-order valence-electron chi connectivity index (χ3n) is 3.63. The molecular weight excluding hydrogens is 312 g/mol. The number of sulfonamides is 1. The molecule has 1 aromatic carbocycles. The maximum absolute atomic E-state index is 12.2. The van der Waals surface area contributed by atoms with Crippen molar-refractivity contribution in [2.75, 3.05) is 42.7 Å². The number of rotatable bonds is 6. The van der Waals surface area contributed by atoms with Gasteiger partial charge in [-0.05, 0) is 37.1 Å². The van der Waals surface area contributed by atoms with E-state index in [0.29, 0.717) is 38.5 Å². The molecule has 118 valence electrons. The number of phenolic OH excluding ortho intramolecular Hbond substituents is 1. The number of aromatic hydroxyl groups is 1. The van der Waals surface area contributed by atoms with Gasteiger partial charge in [-0.2, -0.15) is 4.31 Å². The minimum Gasteiger partial charge on any atom is -0.508 e. The van der Waals surface area contributed by atoms with Crippen LogP contribution in [0, 0.1) is 0 Å². The van der Waals surface area contributed by atoms with Crippen molar-refractivity contribution < 1.29 is 13.5 Å². The van der Waals surface area contributed by atoms with Gasteiger partial charge in [0.05, 0.1) is 5.75 Å². The Bertz CT molecular complexity index is 540. The fraction of sp³-hybridized carbons (Fsp3) is 0.571. The standard InChI is InChI=1S/C14H21ClN2O3S/c15-7-1-2-12-21(19,20)17-10-8-16(9-11-17)13-3-5-14(18)6-4-13/h3-6,18H,1-2,7-12H2. The second-order valence-corrected chi connectivity index (χ2v) is 7.58. The lowest BCUT2D eigenvalue weighted by Crippen LogP contribution is -2.49. The lowest BCUT2D eigenvalue weighted by Gasteiger charge is -2.35. The number of alkyl halides is 1. The number of nitrogens with zero attached hydrogens (tertiary/aromatic N) is 2. The van der Waals surface area contributed by atoms with Crippen LogP contribution in [0.15, 0.2) is 24.3 Å². The number of hydrogen-bond acceptors (Lipinski definition) is 4. The molecular formula is C14H21ClN2O3S. The Morgan fingerprint density at radius 3 is 2.24 bits per heavy atom. The number of hydrogen-bond donors (Lipinski definition) is 1. The third kappa shape index (κ3) is 4.49. The molecule has 1 aromatic rings. The molecule has 0 saturated carbocycles. The molecule has 1 fully saturated rings. The van der Waals surface area contributed by atoms with E-state index in [0.717, 1.165) is 12.1 Å². The van der Waals surface area contributed by atoms with Gasteiger partial charge in [-0.15, -0.1) is 11.6 Å². The molecule has 0 unspecified atom stereocenters. The largest absolute Gasteiger partial charge is 0.508 e. The Morgan fingerprint density at radius 1 is 1.05 bits per heavy atom. The molecule has 0 radical (unpaired) electrons. The zero-order valence-electron chi connectivity index (χ0n) is 11.9. The highest BCUT2D eigenvalue weighted by Crippen LogP contribution is 2.20. The number of piperazine rings is 1. The van der Waals surface area contributed by atoms with Crippen molar-refractivity contribution in [2.24, 2.45) is 0 Å². The highest BCUT2D eigenvalue weighted by molar-refractivity contribution is 7.89. The molecule has 21 heavy (non-hydrogen) atoms. The van der Waals surface area contributed by atoms with E-state index in [9.17, 15) is 13.5 Å². The van der Waals surface area contributed by atoms with Gasteiger partial charge in [0.1, 0.15) is 5.75 Å². The number of anilines is 1. The van der Waals surface area contributed by atoms with Gasteiger partial charge in [0, 0.05) is 37.7 Å². The minimum atomic E-state index is -3.16. The van der Waals surface area contributed by atoms with Crippen molar-refractivity contribution in [3.05, 3.63) is 24.3 Å². The molecule has 0 aliphatic carbocycles. The zero-order chi connectivity index (χ0) is 15.3. The summed E-state index contributed by atoms with van der Waals surface area (Å²) >= 11 is 5.58. The van der Waals surface area contributed by atoms with E-state index in [1.165, 1.54) is 0 Å². The molecule has 2 rings (SSSR count). The molecule has 1 aliphatic rings. The third-order valence-corrected chi connectivity index (χ3v) is 5.86. The van der Waals surface area contributed by atoms with Gasteiger partial charge in [-0.25, -0.2) is 8.42 Å². The Hall–Kier alpha value is -0.980. The second kappa shape index (κ2) is 7.33. The summed E-state index contributed by atoms with van der Waals surface area (Å²) in [5.74, 6) is 0.919. The van der Waals surface area contributed by atoms with E-state index in [1.807, 2.05) is 12.1 Å². The lowest BCUT2D eigenvalue weighted by molar-refractivity contribution is 0.384. The van der Waals surface area contributed by atoms with Crippen LogP contribution >= 0.6 is 11.6 Å². The van der Waals surface area contributed by atoms with Gasteiger partial charge in [0.25, 0.3) is 0 Å². The van der Waals surface area contributed by atoms with Crippen LogP contribution < -0.4 is 4.90 Å². The van der Waals surface area contributed by atoms with Crippen molar-refractivity contribution in [3.8, 4) is 5.75 Å². The van der Waals surface area contributed by atoms with E-state index in [2.05, 4.69) is 4.90 Å². The number of unbranched alkanes of at least 4 members (excludes halogenated alkanes) is 1. The van der Waals surface area contributed by atoms with Gasteiger partial charge in [-0.1, -0.05) is 0 Å². The fourth-order valence-electron chi connectivity index (χ4n) is 2.40. The van der Waals surface area contributed by atoms with E-state index in [4.69, 9.17) is 11.6 Å². The highest BCUT2D eigenvalue weighted by Gasteiger charge is 2.26. The Kier molecular flexibility index (Phi) is 5.72. The summed E-state index contributed by atoms with van der Waals surface area (Å²) in [6, 6.07) is 6.98. The molecule has 0 aromatic heterocycles. The number of halogens is 1. The summed E-state index contributed by atoms with van der Waals surface area (Å²) in [5, 5.41) is 9.29. The first kappa shape index (κ1) is 16.4. The molecule has 7 heteroatoms. The summed E-state index contributed by atoms with van der Waals surface area (Å²) in [7, 11) is -3.16. The molecule has 0 amide bonds. The van der Waals surface area contributed by atoms with Crippen LogP contribution in [0.1, 0.15) is 12.8 Å². The first-order valence-electron chi connectivity index (χ1n) is 7.11. The predicted molar refractivity (Wildman–Crippen MR) is 85.6 cm³/mol. The van der Waals surface area contributed by atoms with Crippen molar-refractivity contribution in [3.63, 3.8) is 0 Å². The monoisotopic (exact) mass is 332 g/mol. The maximum atomic E-state index is 12.2. The van der Waals surface area contributed by atoms with Gasteiger partial charge in [-0.3, -0.25) is 0 Å². The van der Waals surface area contributed by atoms with Crippen LogP contribution in [0.25, 0.3) is 0 Å². The van der Waals surface area contributed by atoms with Gasteiger partial charge in [0.2, 0.25) is 10.0 Å². The molecule has 1 aliphatic heterocycles. The van der Waals surface area contributed by atoms with Crippen molar-refractivity contribution in [2.45, 2.75) is 12.8 Å². The molecule has 0 bridgehead atoms. The number of benzene rings is 1. The topological polar surface area (TPSA) is 60.9 Å². The Balaban J connectivity index is 1.89. The summed E-state index contributed by atoms with van der Waals surface area (Å²) in [6.07, 6.45) is 1.35. The average Bonchev–Trinajstić information content (AvgIpc) is 2.48. The van der Waals surface area contributed by atoms with Crippen LogP contribution in [0.4, 0.5) is 5.69 Å². The predicted octanol–water partition coefficient (Wildman–Crippen LogP) is 1.86. The van der Waals surface area contributed by atoms with Gasteiger partial charge >= 0.3 is 0 Å². The highest BCUT2D eigenvalue weighted by atomic mass is 35.5. The van der Waals surface area contributed by atoms with Crippen molar-refractivity contribution >= 4 is 27.3 Å². The van der Waals surface area contributed by atoms with Gasteiger partial charge in [0.15, 0.2) is 0 Å². The zero-order valence-corrected chi connectivity index (χ0v) is 13.5. The SMILES string of the molecule is O=S(=O)(CCCCCl)N1CCN(c2ccc(O)cc2)CC1.